The van der Waals surface area contributed by atoms with Gasteiger partial charge in [0.2, 0.25) is 0 Å². The van der Waals surface area contributed by atoms with Gasteiger partial charge in [-0.15, -0.1) is 0 Å². The molecule has 0 spiro atoms. The maximum absolute atomic E-state index is 12.8. The molecule has 0 saturated carbocycles. The first-order valence-corrected chi connectivity index (χ1v) is 7.51. The third-order valence-corrected chi connectivity index (χ3v) is 3.66. The zero-order chi connectivity index (χ0) is 16.4. The monoisotopic (exact) mass is 365 g/mol. The third-order valence-electron chi connectivity index (χ3n) is 2.97. The van der Waals surface area contributed by atoms with Gasteiger partial charge in [0.05, 0.1) is 11.1 Å². The highest BCUT2D eigenvalue weighted by molar-refractivity contribution is 9.10. The number of alkyl halides is 3. The molecule has 0 N–H and O–H groups in total. The average Bonchev–Trinajstić information content (AvgIpc) is 2.33. The van der Waals surface area contributed by atoms with Crippen LogP contribution in [0.3, 0.4) is 0 Å². The molecule has 118 valence electrons. The first-order valence-electron chi connectivity index (χ1n) is 6.71. The molecule has 0 aliphatic carbocycles. The molecule has 0 heterocycles. The van der Waals surface area contributed by atoms with Gasteiger partial charge in [-0.2, -0.15) is 13.2 Å². The third kappa shape index (κ3) is 4.73. The fraction of sp³-hybridized carbons (Fsp3) is 0.533. The molecule has 0 unspecified atom stereocenters. The summed E-state index contributed by atoms with van der Waals surface area (Å²) in [6.45, 7) is 8.12. The lowest BCUT2D eigenvalue weighted by Gasteiger charge is -2.29. The van der Waals surface area contributed by atoms with Gasteiger partial charge in [0, 0.05) is 17.1 Å². The lowest BCUT2D eigenvalue weighted by Crippen LogP contribution is -2.39. The summed E-state index contributed by atoms with van der Waals surface area (Å²) in [6.07, 6.45) is -4.46. The van der Waals surface area contributed by atoms with Gasteiger partial charge in [-0.3, -0.25) is 4.79 Å². The van der Waals surface area contributed by atoms with E-state index in [9.17, 15) is 18.0 Å². The molecule has 0 bridgehead atoms. The van der Waals surface area contributed by atoms with Crippen LogP contribution in [-0.4, -0.2) is 23.4 Å². The van der Waals surface area contributed by atoms with Crippen LogP contribution in [-0.2, 0) is 6.18 Å². The number of rotatable bonds is 4. The van der Waals surface area contributed by atoms with Crippen molar-refractivity contribution in [2.45, 2.75) is 39.9 Å². The van der Waals surface area contributed by atoms with Crippen molar-refractivity contribution in [2.24, 2.45) is 5.92 Å². The van der Waals surface area contributed by atoms with Crippen LogP contribution in [0.2, 0.25) is 0 Å². The Bertz CT molecular complexity index is 512. The SMILES string of the molecule is CC(C)CN(C(=O)c1cc(C(F)(F)F)ccc1Br)C(C)C. The number of hydrogen-bond acceptors (Lipinski definition) is 1. The van der Waals surface area contributed by atoms with Crippen molar-refractivity contribution in [2.75, 3.05) is 6.54 Å². The van der Waals surface area contributed by atoms with Crippen molar-refractivity contribution in [1.29, 1.82) is 0 Å². The van der Waals surface area contributed by atoms with E-state index in [-0.39, 0.29) is 17.5 Å². The van der Waals surface area contributed by atoms with E-state index in [1.54, 1.807) is 4.90 Å². The predicted octanol–water partition coefficient (Wildman–Crippen LogP) is 4.97. The molecule has 1 rings (SSSR count). The largest absolute Gasteiger partial charge is 0.416 e. The number of hydrogen-bond donors (Lipinski definition) is 0. The van der Waals surface area contributed by atoms with Crippen molar-refractivity contribution in [3.05, 3.63) is 33.8 Å². The molecule has 21 heavy (non-hydrogen) atoms. The van der Waals surface area contributed by atoms with E-state index < -0.39 is 17.6 Å². The van der Waals surface area contributed by atoms with E-state index >= 15 is 0 Å². The van der Waals surface area contributed by atoms with Gasteiger partial charge in [-0.25, -0.2) is 0 Å². The quantitative estimate of drug-likeness (QED) is 0.737. The minimum absolute atomic E-state index is 0.0409. The molecule has 6 heteroatoms. The first-order chi connectivity index (χ1) is 9.54. The molecule has 0 radical (unpaired) electrons. The Hall–Kier alpha value is -1.04. The van der Waals surface area contributed by atoms with E-state index in [1.165, 1.54) is 6.07 Å². The van der Waals surface area contributed by atoms with E-state index in [0.29, 0.717) is 11.0 Å². The molecule has 1 amide bonds. The summed E-state index contributed by atoms with van der Waals surface area (Å²) in [7, 11) is 0. The van der Waals surface area contributed by atoms with Crippen LogP contribution < -0.4 is 0 Å². The van der Waals surface area contributed by atoms with Gasteiger partial charge in [0.1, 0.15) is 0 Å². The minimum atomic E-state index is -4.46. The Morgan fingerprint density at radius 2 is 1.81 bits per heavy atom. The summed E-state index contributed by atoms with van der Waals surface area (Å²) < 4.78 is 38.7. The number of nitrogens with zero attached hydrogens (tertiary/aromatic N) is 1. The summed E-state index contributed by atoms with van der Waals surface area (Å²) >= 11 is 3.17. The smallest absolute Gasteiger partial charge is 0.336 e. The number of halogens is 4. The van der Waals surface area contributed by atoms with Crippen LogP contribution in [0, 0.1) is 5.92 Å². The number of carbonyl (C=O) groups excluding carboxylic acids is 1. The fourth-order valence-electron chi connectivity index (χ4n) is 1.94. The lowest BCUT2D eigenvalue weighted by molar-refractivity contribution is -0.137. The van der Waals surface area contributed by atoms with Crippen molar-refractivity contribution in [1.82, 2.24) is 4.90 Å². The molecule has 0 fully saturated rings. The molecule has 0 aliphatic rings. The number of benzene rings is 1. The molecular formula is C15H19BrF3NO. The van der Waals surface area contributed by atoms with Crippen molar-refractivity contribution in [3.8, 4) is 0 Å². The van der Waals surface area contributed by atoms with Gasteiger partial charge < -0.3 is 4.90 Å². The highest BCUT2D eigenvalue weighted by Crippen LogP contribution is 2.32. The standard InChI is InChI=1S/C15H19BrF3NO/c1-9(2)8-20(10(3)4)14(21)12-7-11(15(17,18)19)5-6-13(12)16/h5-7,9-10H,8H2,1-4H3. The fourth-order valence-corrected chi connectivity index (χ4v) is 2.36. The second-order valence-electron chi connectivity index (χ2n) is 5.64. The Morgan fingerprint density at radius 3 is 2.24 bits per heavy atom. The zero-order valence-corrected chi connectivity index (χ0v) is 14.0. The van der Waals surface area contributed by atoms with Gasteiger partial charge in [-0.1, -0.05) is 13.8 Å². The van der Waals surface area contributed by atoms with Crippen LogP contribution in [0.5, 0.6) is 0 Å². The second kappa shape index (κ2) is 6.81. The molecule has 1 aromatic rings. The molecule has 2 nitrogen and oxygen atoms in total. The van der Waals surface area contributed by atoms with Gasteiger partial charge >= 0.3 is 6.18 Å². The Balaban J connectivity index is 3.21. The minimum Gasteiger partial charge on any atom is -0.336 e. The van der Waals surface area contributed by atoms with E-state index in [2.05, 4.69) is 15.9 Å². The highest BCUT2D eigenvalue weighted by Gasteiger charge is 2.32. The second-order valence-corrected chi connectivity index (χ2v) is 6.49. The summed E-state index contributed by atoms with van der Waals surface area (Å²) in [4.78, 5) is 14.1. The predicted molar refractivity (Wildman–Crippen MR) is 80.2 cm³/mol. The zero-order valence-electron chi connectivity index (χ0n) is 12.5. The van der Waals surface area contributed by atoms with Crippen LogP contribution in [0.15, 0.2) is 22.7 Å². The maximum Gasteiger partial charge on any atom is 0.416 e. The summed E-state index contributed by atoms with van der Waals surface area (Å²) in [5.41, 5.74) is -0.776. The Labute approximate surface area is 131 Å². The van der Waals surface area contributed by atoms with Crippen molar-refractivity contribution >= 4 is 21.8 Å². The summed E-state index contributed by atoms with van der Waals surface area (Å²) in [5, 5.41) is 0. The Morgan fingerprint density at radius 1 is 1.24 bits per heavy atom. The Kier molecular flexibility index (Phi) is 5.84. The van der Waals surface area contributed by atoms with Crippen LogP contribution >= 0.6 is 15.9 Å². The van der Waals surface area contributed by atoms with E-state index in [0.717, 1.165) is 12.1 Å². The number of amides is 1. The average molecular weight is 366 g/mol. The lowest BCUT2D eigenvalue weighted by atomic mass is 10.1. The molecule has 0 saturated heterocycles. The van der Waals surface area contributed by atoms with E-state index in [4.69, 9.17) is 0 Å². The summed E-state index contributed by atoms with van der Waals surface area (Å²) in [5.74, 6) is -0.155. The highest BCUT2D eigenvalue weighted by atomic mass is 79.9. The molecule has 0 atom stereocenters. The van der Waals surface area contributed by atoms with Gasteiger partial charge in [0.15, 0.2) is 0 Å². The molecule has 0 aliphatic heterocycles. The van der Waals surface area contributed by atoms with Crippen LogP contribution in [0.4, 0.5) is 13.2 Å². The van der Waals surface area contributed by atoms with Gasteiger partial charge in [-0.05, 0) is 53.9 Å². The topological polar surface area (TPSA) is 20.3 Å². The molecular weight excluding hydrogens is 347 g/mol. The van der Waals surface area contributed by atoms with Crippen LogP contribution in [0.1, 0.15) is 43.6 Å². The van der Waals surface area contributed by atoms with Gasteiger partial charge in [0.25, 0.3) is 5.91 Å². The normalized spacial score (nSPS) is 12.1. The van der Waals surface area contributed by atoms with Crippen LogP contribution in [0.25, 0.3) is 0 Å². The number of carbonyl (C=O) groups is 1. The first kappa shape index (κ1) is 18.0. The van der Waals surface area contributed by atoms with Crippen molar-refractivity contribution < 1.29 is 18.0 Å². The molecule has 1 aromatic carbocycles. The molecule has 0 aromatic heterocycles. The summed E-state index contributed by atoms with van der Waals surface area (Å²) in [6, 6.07) is 3.05. The maximum atomic E-state index is 12.8. The van der Waals surface area contributed by atoms with Crippen molar-refractivity contribution in [3.63, 3.8) is 0 Å². The van der Waals surface area contributed by atoms with E-state index in [1.807, 2.05) is 27.7 Å².